The second-order valence-corrected chi connectivity index (χ2v) is 6.26. The minimum Gasteiger partial charge on any atom is -0.298 e. The maximum atomic E-state index is 12.5. The van der Waals surface area contributed by atoms with Crippen LogP contribution in [0.2, 0.25) is 0 Å². The van der Waals surface area contributed by atoms with Crippen molar-refractivity contribution in [2.75, 3.05) is 20.0 Å². The van der Waals surface area contributed by atoms with Crippen LogP contribution in [0.15, 0.2) is 42.1 Å². The average molecular weight is 377 g/mol. The molecule has 1 fully saturated rings. The summed E-state index contributed by atoms with van der Waals surface area (Å²) in [5.41, 5.74) is 3.87. The van der Waals surface area contributed by atoms with E-state index >= 15 is 0 Å². The van der Waals surface area contributed by atoms with E-state index in [2.05, 4.69) is 5.43 Å². The summed E-state index contributed by atoms with van der Waals surface area (Å²) >= 11 is 5.69. The van der Waals surface area contributed by atoms with Crippen LogP contribution in [0.5, 0.6) is 0 Å². The topological polar surface area (TPSA) is 90.0 Å². The largest absolute Gasteiger partial charge is 0.332 e. The van der Waals surface area contributed by atoms with Gasteiger partial charge in [-0.15, -0.1) is 11.6 Å². The summed E-state index contributed by atoms with van der Waals surface area (Å²) in [7, 11) is 2.62. The third-order valence-corrected chi connectivity index (χ3v) is 4.66. The highest BCUT2D eigenvalue weighted by molar-refractivity contribution is 6.27. The van der Waals surface area contributed by atoms with E-state index in [4.69, 9.17) is 11.6 Å². The summed E-state index contributed by atoms with van der Waals surface area (Å²) < 4.78 is 0. The Bertz CT molecular complexity index is 786. The zero-order chi connectivity index (χ0) is 19.0. The molecule has 0 radical (unpaired) electrons. The lowest BCUT2D eigenvalue weighted by molar-refractivity contribution is -0.146. The smallest absolute Gasteiger partial charge is 0.298 e. The first-order valence-corrected chi connectivity index (χ1v) is 8.40. The fourth-order valence-corrected chi connectivity index (χ4v) is 3.13. The lowest BCUT2D eigenvalue weighted by atomic mass is 9.98. The number of urea groups is 1. The first-order chi connectivity index (χ1) is 12.4. The third kappa shape index (κ3) is 2.82. The van der Waals surface area contributed by atoms with Crippen LogP contribution in [0.3, 0.4) is 0 Å². The molecule has 0 aromatic heterocycles. The molecule has 1 saturated heterocycles. The number of nitrogens with one attached hydrogen (secondary N) is 1. The number of alkyl halides is 1. The minimum atomic E-state index is -1.22. The Kier molecular flexibility index (Phi) is 4.69. The Morgan fingerprint density at radius 3 is 2.19 bits per heavy atom. The Morgan fingerprint density at radius 2 is 1.65 bits per heavy atom. The highest BCUT2D eigenvalue weighted by atomic mass is 35.5. The van der Waals surface area contributed by atoms with Gasteiger partial charge in [0.25, 0.3) is 5.91 Å². The van der Waals surface area contributed by atoms with Gasteiger partial charge in [-0.25, -0.2) is 9.80 Å². The summed E-state index contributed by atoms with van der Waals surface area (Å²) in [4.78, 5) is 50.9. The fraction of sp³-hybridized carbons (Fsp3) is 0.294. The SMILES string of the molecule is CN1C(=O)C(C2=C[C@@H](c3ccccc3)N(C(=O)CCl)N2)C(=O)N(C)C1=O. The number of amides is 5. The number of halogens is 1. The first kappa shape index (κ1) is 17.9. The molecule has 0 saturated carbocycles. The molecule has 2 aliphatic rings. The van der Waals surface area contributed by atoms with Gasteiger partial charge in [-0.05, 0) is 11.6 Å². The number of rotatable bonds is 3. The maximum Gasteiger partial charge on any atom is 0.332 e. The van der Waals surface area contributed by atoms with E-state index in [1.165, 1.54) is 19.1 Å². The van der Waals surface area contributed by atoms with Crippen molar-refractivity contribution in [3.05, 3.63) is 47.7 Å². The monoisotopic (exact) mass is 376 g/mol. The first-order valence-electron chi connectivity index (χ1n) is 7.87. The number of carbonyl (C=O) groups excluding carboxylic acids is 4. The molecular formula is C17H17ClN4O4. The normalized spacial score (nSPS) is 21.2. The molecule has 5 amide bonds. The van der Waals surface area contributed by atoms with Crippen LogP contribution >= 0.6 is 11.6 Å². The van der Waals surface area contributed by atoms with E-state index < -0.39 is 35.7 Å². The Labute approximate surface area is 154 Å². The van der Waals surface area contributed by atoms with E-state index in [0.717, 1.165) is 15.4 Å². The molecule has 1 aromatic rings. The van der Waals surface area contributed by atoms with Crippen LogP contribution in [-0.4, -0.2) is 58.5 Å². The van der Waals surface area contributed by atoms with Gasteiger partial charge in [0.2, 0.25) is 11.8 Å². The van der Waals surface area contributed by atoms with E-state index in [1.54, 1.807) is 6.08 Å². The van der Waals surface area contributed by atoms with Crippen LogP contribution in [-0.2, 0) is 14.4 Å². The van der Waals surface area contributed by atoms with E-state index in [1.807, 2.05) is 30.3 Å². The number of carbonyl (C=O) groups is 4. The lowest BCUT2D eigenvalue weighted by Gasteiger charge is -2.33. The molecule has 0 spiro atoms. The number of hydrogen-bond donors (Lipinski definition) is 1. The highest BCUT2D eigenvalue weighted by Gasteiger charge is 2.47. The molecule has 1 aromatic carbocycles. The molecule has 2 heterocycles. The van der Waals surface area contributed by atoms with Crippen molar-refractivity contribution in [1.82, 2.24) is 20.2 Å². The van der Waals surface area contributed by atoms with Gasteiger partial charge in [0.05, 0.1) is 11.7 Å². The van der Waals surface area contributed by atoms with Crippen molar-refractivity contribution in [3.63, 3.8) is 0 Å². The molecule has 9 heteroatoms. The van der Waals surface area contributed by atoms with Crippen molar-refractivity contribution in [2.24, 2.45) is 5.92 Å². The Hall–Kier alpha value is -2.87. The molecule has 1 atom stereocenters. The van der Waals surface area contributed by atoms with E-state index in [0.29, 0.717) is 0 Å². The van der Waals surface area contributed by atoms with E-state index in [-0.39, 0.29) is 11.6 Å². The predicted molar refractivity (Wildman–Crippen MR) is 92.4 cm³/mol. The van der Waals surface area contributed by atoms with E-state index in [9.17, 15) is 19.2 Å². The Balaban J connectivity index is 1.99. The summed E-state index contributed by atoms with van der Waals surface area (Å²) in [6, 6.07) is 7.92. The van der Waals surface area contributed by atoms with Crippen LogP contribution in [0.4, 0.5) is 4.79 Å². The molecule has 8 nitrogen and oxygen atoms in total. The molecule has 3 rings (SSSR count). The van der Waals surface area contributed by atoms with Gasteiger partial charge < -0.3 is 0 Å². The Morgan fingerprint density at radius 1 is 1.08 bits per heavy atom. The quantitative estimate of drug-likeness (QED) is 0.624. The number of barbiturate groups is 1. The second-order valence-electron chi connectivity index (χ2n) is 6.00. The van der Waals surface area contributed by atoms with Crippen LogP contribution in [0, 0.1) is 5.92 Å². The summed E-state index contributed by atoms with van der Waals surface area (Å²) in [5.74, 6) is -3.18. The predicted octanol–water partition coefficient (Wildman–Crippen LogP) is 0.864. The molecule has 136 valence electrons. The number of imide groups is 2. The van der Waals surface area contributed by atoms with Crippen molar-refractivity contribution < 1.29 is 19.2 Å². The zero-order valence-electron chi connectivity index (χ0n) is 14.2. The van der Waals surface area contributed by atoms with Crippen LogP contribution in [0.1, 0.15) is 11.6 Å². The molecule has 0 bridgehead atoms. The van der Waals surface area contributed by atoms with Gasteiger partial charge in [-0.2, -0.15) is 0 Å². The molecule has 1 N–H and O–H groups in total. The van der Waals surface area contributed by atoms with Crippen molar-refractivity contribution in [1.29, 1.82) is 0 Å². The highest BCUT2D eigenvalue weighted by Crippen LogP contribution is 2.32. The standard InChI is InChI=1S/C17H17ClN4O4/c1-20-15(24)14(16(25)21(2)17(20)26)11-8-12(10-6-4-3-5-7-10)22(19-11)13(23)9-18/h3-8,12,14,19H,9H2,1-2H3/t12-/m0/s1. The van der Waals surface area contributed by atoms with Gasteiger partial charge in [0.1, 0.15) is 5.88 Å². The van der Waals surface area contributed by atoms with Crippen LogP contribution < -0.4 is 5.43 Å². The summed E-state index contributed by atoms with van der Waals surface area (Å²) in [6.45, 7) is 0. The number of hydrazine groups is 1. The van der Waals surface area contributed by atoms with Crippen molar-refractivity contribution in [2.45, 2.75) is 6.04 Å². The molecule has 2 aliphatic heterocycles. The summed E-state index contributed by atoms with van der Waals surface area (Å²) in [5, 5.41) is 1.29. The van der Waals surface area contributed by atoms with Crippen molar-refractivity contribution >= 4 is 35.4 Å². The second kappa shape index (κ2) is 6.80. The fourth-order valence-electron chi connectivity index (χ4n) is 3.00. The third-order valence-electron chi connectivity index (χ3n) is 4.43. The van der Waals surface area contributed by atoms with Gasteiger partial charge in [0.15, 0.2) is 5.92 Å². The maximum absolute atomic E-state index is 12.5. The zero-order valence-corrected chi connectivity index (χ0v) is 14.9. The average Bonchev–Trinajstić information content (AvgIpc) is 3.10. The van der Waals surface area contributed by atoms with Gasteiger partial charge in [-0.1, -0.05) is 30.3 Å². The van der Waals surface area contributed by atoms with Crippen LogP contribution in [0.25, 0.3) is 0 Å². The van der Waals surface area contributed by atoms with Gasteiger partial charge >= 0.3 is 6.03 Å². The molecule has 0 aliphatic carbocycles. The molecule has 26 heavy (non-hydrogen) atoms. The molecular weight excluding hydrogens is 360 g/mol. The lowest BCUT2D eigenvalue weighted by Crippen LogP contribution is -2.58. The summed E-state index contributed by atoms with van der Waals surface area (Å²) in [6.07, 6.45) is 1.64. The number of hydrogen-bond acceptors (Lipinski definition) is 5. The van der Waals surface area contributed by atoms with Gasteiger partial charge in [0, 0.05) is 14.1 Å². The minimum absolute atomic E-state index is 0.249. The van der Waals surface area contributed by atoms with Gasteiger partial charge in [-0.3, -0.25) is 29.6 Å². The molecule has 0 unspecified atom stereocenters. The number of benzene rings is 1. The van der Waals surface area contributed by atoms with Crippen molar-refractivity contribution in [3.8, 4) is 0 Å². The number of nitrogens with zero attached hydrogens (tertiary/aromatic N) is 3.